The number of cyclic esters (lactones) is 1. The van der Waals surface area contributed by atoms with E-state index in [9.17, 15) is 4.79 Å². The second-order valence-corrected chi connectivity index (χ2v) is 3.53. The lowest BCUT2D eigenvalue weighted by Gasteiger charge is -2.05. The van der Waals surface area contributed by atoms with Gasteiger partial charge in [-0.3, -0.25) is 0 Å². The van der Waals surface area contributed by atoms with Crippen molar-refractivity contribution < 1.29 is 9.53 Å². The van der Waals surface area contributed by atoms with Gasteiger partial charge in [0.1, 0.15) is 11.6 Å². The molecule has 0 bridgehead atoms. The van der Waals surface area contributed by atoms with Gasteiger partial charge in [0.15, 0.2) is 0 Å². The molecule has 2 heterocycles. The summed E-state index contributed by atoms with van der Waals surface area (Å²) in [6.07, 6.45) is -0.328. The van der Waals surface area contributed by atoms with Crippen molar-refractivity contribution in [2.45, 2.75) is 6.92 Å². The summed E-state index contributed by atoms with van der Waals surface area (Å²) in [6, 6.07) is 0. The second-order valence-electron chi connectivity index (χ2n) is 2.37. The normalized spacial score (nSPS) is 16.8. The number of carbonyl (C=O) groups is 1. The first-order valence-corrected chi connectivity index (χ1v) is 4.33. The summed E-state index contributed by atoms with van der Waals surface area (Å²) >= 11 is 1.39. The number of rotatable bonds is 1. The highest BCUT2D eigenvalue weighted by molar-refractivity contribution is 7.15. The maximum Gasteiger partial charge on any atom is 0.416 e. The van der Waals surface area contributed by atoms with Crippen LogP contribution in [0.4, 0.5) is 9.93 Å². The number of carbonyl (C=O) groups excluding carboxylic acids is 1. The fraction of sp³-hybridized carbons (Fsp3) is 0.500. The zero-order chi connectivity index (χ0) is 8.55. The predicted molar refractivity (Wildman–Crippen MR) is 43.3 cm³/mol. The van der Waals surface area contributed by atoms with E-state index in [2.05, 4.69) is 10.2 Å². The highest BCUT2D eigenvalue weighted by atomic mass is 32.1. The summed E-state index contributed by atoms with van der Waals surface area (Å²) in [7, 11) is 0. The van der Waals surface area contributed by atoms with Gasteiger partial charge < -0.3 is 4.74 Å². The summed E-state index contributed by atoms with van der Waals surface area (Å²) in [5, 5.41) is 9.13. The van der Waals surface area contributed by atoms with Crippen LogP contribution in [0.3, 0.4) is 0 Å². The van der Waals surface area contributed by atoms with E-state index in [4.69, 9.17) is 4.74 Å². The highest BCUT2D eigenvalue weighted by Crippen LogP contribution is 2.21. The average Bonchev–Trinajstić information content (AvgIpc) is 2.58. The SMILES string of the molecule is Cc1nnc(N2CCOC2=O)s1. The van der Waals surface area contributed by atoms with E-state index < -0.39 is 0 Å². The highest BCUT2D eigenvalue weighted by Gasteiger charge is 2.26. The van der Waals surface area contributed by atoms with Crippen LogP contribution in [-0.2, 0) is 4.74 Å². The lowest BCUT2D eigenvalue weighted by Crippen LogP contribution is -2.22. The number of hydrogen-bond acceptors (Lipinski definition) is 5. The molecule has 0 unspecified atom stereocenters. The molecular formula is C6H7N3O2S. The third-order valence-corrected chi connectivity index (χ3v) is 2.37. The molecule has 1 aliphatic rings. The van der Waals surface area contributed by atoms with Crippen molar-refractivity contribution in [1.29, 1.82) is 0 Å². The summed E-state index contributed by atoms with van der Waals surface area (Å²) in [4.78, 5) is 12.5. The molecule has 0 aromatic carbocycles. The van der Waals surface area contributed by atoms with Gasteiger partial charge in [0.05, 0.1) is 6.54 Å². The van der Waals surface area contributed by atoms with Crippen LogP contribution < -0.4 is 4.90 Å². The fourth-order valence-corrected chi connectivity index (χ4v) is 1.67. The number of aryl methyl sites for hydroxylation is 1. The van der Waals surface area contributed by atoms with Gasteiger partial charge in [-0.1, -0.05) is 11.3 Å². The van der Waals surface area contributed by atoms with Crippen LogP contribution >= 0.6 is 11.3 Å². The molecule has 1 fully saturated rings. The van der Waals surface area contributed by atoms with Crippen molar-refractivity contribution in [3.63, 3.8) is 0 Å². The van der Waals surface area contributed by atoms with E-state index in [-0.39, 0.29) is 6.09 Å². The fourth-order valence-electron chi connectivity index (χ4n) is 0.962. The summed E-state index contributed by atoms with van der Waals surface area (Å²) in [5.41, 5.74) is 0. The van der Waals surface area contributed by atoms with Crippen molar-refractivity contribution in [3.05, 3.63) is 5.01 Å². The van der Waals surface area contributed by atoms with Crippen LogP contribution in [0.2, 0.25) is 0 Å². The Morgan fingerprint density at radius 3 is 2.92 bits per heavy atom. The van der Waals surface area contributed by atoms with Gasteiger partial charge in [0.25, 0.3) is 0 Å². The standard InChI is InChI=1S/C6H7N3O2S/c1-4-7-8-5(12-4)9-2-3-11-6(9)10/h2-3H2,1H3. The average molecular weight is 185 g/mol. The predicted octanol–water partition coefficient (Wildman–Crippen LogP) is 0.803. The van der Waals surface area contributed by atoms with Crippen molar-refractivity contribution in [2.24, 2.45) is 0 Å². The first-order valence-electron chi connectivity index (χ1n) is 3.52. The molecule has 1 amide bonds. The Balaban J connectivity index is 2.24. The molecule has 12 heavy (non-hydrogen) atoms. The van der Waals surface area contributed by atoms with Gasteiger partial charge in [-0.2, -0.15) is 0 Å². The van der Waals surface area contributed by atoms with Crippen LogP contribution in [0.5, 0.6) is 0 Å². The van der Waals surface area contributed by atoms with Crippen molar-refractivity contribution in [2.75, 3.05) is 18.1 Å². The number of anilines is 1. The Labute approximate surface area is 73.0 Å². The van der Waals surface area contributed by atoms with Gasteiger partial charge in [0, 0.05) is 0 Å². The molecule has 1 aliphatic heterocycles. The zero-order valence-corrected chi connectivity index (χ0v) is 7.30. The molecule has 0 spiro atoms. The molecule has 0 saturated carbocycles. The van der Waals surface area contributed by atoms with E-state index in [0.717, 1.165) is 5.01 Å². The Morgan fingerprint density at radius 1 is 1.58 bits per heavy atom. The molecule has 0 atom stereocenters. The molecule has 1 aromatic heterocycles. The first-order chi connectivity index (χ1) is 5.77. The molecule has 0 aliphatic carbocycles. The van der Waals surface area contributed by atoms with E-state index in [1.807, 2.05) is 6.92 Å². The van der Waals surface area contributed by atoms with Gasteiger partial charge in [-0.25, -0.2) is 9.69 Å². The molecule has 0 radical (unpaired) electrons. The number of hydrogen-bond donors (Lipinski definition) is 0. The van der Waals surface area contributed by atoms with Crippen LogP contribution in [0, 0.1) is 6.92 Å². The molecular weight excluding hydrogens is 178 g/mol. The molecule has 1 aromatic rings. The Kier molecular flexibility index (Phi) is 1.69. The number of nitrogens with zero attached hydrogens (tertiary/aromatic N) is 3. The van der Waals surface area contributed by atoms with Crippen molar-refractivity contribution in [1.82, 2.24) is 10.2 Å². The van der Waals surface area contributed by atoms with Gasteiger partial charge >= 0.3 is 6.09 Å². The second kappa shape index (κ2) is 2.71. The quantitative estimate of drug-likeness (QED) is 0.649. The third kappa shape index (κ3) is 1.14. The van der Waals surface area contributed by atoms with Crippen LogP contribution in [0.25, 0.3) is 0 Å². The van der Waals surface area contributed by atoms with E-state index in [1.165, 1.54) is 16.2 Å². The molecule has 5 nitrogen and oxygen atoms in total. The largest absolute Gasteiger partial charge is 0.447 e. The molecule has 1 saturated heterocycles. The lowest BCUT2D eigenvalue weighted by molar-refractivity contribution is 0.181. The third-order valence-electron chi connectivity index (χ3n) is 1.51. The van der Waals surface area contributed by atoms with Gasteiger partial charge in [-0.15, -0.1) is 10.2 Å². The van der Waals surface area contributed by atoms with Gasteiger partial charge in [0.2, 0.25) is 5.13 Å². The Bertz CT molecular complexity index is 311. The summed E-state index contributed by atoms with van der Waals surface area (Å²) in [5.74, 6) is 0. The minimum atomic E-state index is -0.328. The Morgan fingerprint density at radius 2 is 2.42 bits per heavy atom. The topological polar surface area (TPSA) is 55.3 Å². The van der Waals surface area contributed by atoms with E-state index in [1.54, 1.807) is 0 Å². The molecule has 0 N–H and O–H groups in total. The molecule has 6 heteroatoms. The maximum absolute atomic E-state index is 11.0. The maximum atomic E-state index is 11.0. The minimum Gasteiger partial charge on any atom is -0.447 e. The van der Waals surface area contributed by atoms with Crippen LogP contribution in [0.15, 0.2) is 0 Å². The zero-order valence-electron chi connectivity index (χ0n) is 6.48. The van der Waals surface area contributed by atoms with Crippen LogP contribution in [0.1, 0.15) is 5.01 Å². The number of aromatic nitrogens is 2. The van der Waals surface area contributed by atoms with Crippen LogP contribution in [-0.4, -0.2) is 29.4 Å². The van der Waals surface area contributed by atoms with Gasteiger partial charge in [-0.05, 0) is 6.92 Å². The van der Waals surface area contributed by atoms with E-state index >= 15 is 0 Å². The van der Waals surface area contributed by atoms with Crippen molar-refractivity contribution >= 4 is 22.6 Å². The monoisotopic (exact) mass is 185 g/mol. The lowest BCUT2D eigenvalue weighted by atomic mass is 10.7. The smallest absolute Gasteiger partial charge is 0.416 e. The van der Waals surface area contributed by atoms with Crippen molar-refractivity contribution in [3.8, 4) is 0 Å². The molecule has 64 valence electrons. The minimum absolute atomic E-state index is 0.328. The first kappa shape index (κ1) is 7.48. The molecule has 2 rings (SSSR count). The summed E-state index contributed by atoms with van der Waals surface area (Å²) in [6.45, 7) is 2.87. The number of amides is 1. The Hall–Kier alpha value is -1.17. The number of ether oxygens (including phenoxy) is 1. The van der Waals surface area contributed by atoms with E-state index in [0.29, 0.717) is 18.3 Å². The summed E-state index contributed by atoms with van der Waals surface area (Å²) < 4.78 is 4.76.